The number of hydrogen-bond donors (Lipinski definition) is 0. The average molecular weight is 412 g/mol. The van der Waals surface area contributed by atoms with Crippen molar-refractivity contribution in [1.29, 1.82) is 0 Å². The molecule has 1 saturated heterocycles. The van der Waals surface area contributed by atoms with Crippen LogP contribution < -0.4 is 4.74 Å². The Kier molecular flexibility index (Phi) is 5.61. The molecule has 1 atom stereocenters. The molecule has 0 amide bonds. The number of pyridine rings is 2. The van der Waals surface area contributed by atoms with Crippen LogP contribution in [0.3, 0.4) is 0 Å². The molecular formula is C26H25N3O2. The summed E-state index contributed by atoms with van der Waals surface area (Å²) in [6.45, 7) is 3.33. The molecule has 5 rings (SSSR count). The van der Waals surface area contributed by atoms with E-state index in [2.05, 4.69) is 46.3 Å². The first kappa shape index (κ1) is 19.7. The van der Waals surface area contributed by atoms with Gasteiger partial charge in [-0.2, -0.15) is 0 Å². The van der Waals surface area contributed by atoms with E-state index in [1.165, 1.54) is 10.9 Å². The van der Waals surface area contributed by atoms with Crippen molar-refractivity contribution in [3.8, 4) is 17.0 Å². The molecular weight excluding hydrogens is 386 g/mol. The smallest absolute Gasteiger partial charge is 0.118 e. The lowest BCUT2D eigenvalue weighted by molar-refractivity contribution is -0.0349. The Morgan fingerprint density at radius 2 is 1.94 bits per heavy atom. The molecule has 0 bridgehead atoms. The highest BCUT2D eigenvalue weighted by molar-refractivity contribution is 5.78. The minimum Gasteiger partial charge on any atom is -0.497 e. The minimum absolute atomic E-state index is 0.0333. The molecule has 1 fully saturated rings. The lowest BCUT2D eigenvalue weighted by atomic mass is 10.1. The van der Waals surface area contributed by atoms with Crippen LogP contribution in [0.15, 0.2) is 79.0 Å². The monoisotopic (exact) mass is 411 g/mol. The number of ether oxygens (including phenoxy) is 2. The van der Waals surface area contributed by atoms with Gasteiger partial charge in [0.2, 0.25) is 0 Å². The predicted octanol–water partition coefficient (Wildman–Crippen LogP) is 4.88. The number of methoxy groups -OCH3 is 1. The van der Waals surface area contributed by atoms with Gasteiger partial charge in [-0.15, -0.1) is 0 Å². The van der Waals surface area contributed by atoms with Crippen LogP contribution in [-0.2, 0) is 11.3 Å². The van der Waals surface area contributed by atoms with Crippen molar-refractivity contribution in [2.75, 3.05) is 26.8 Å². The SMILES string of the molecule is COc1ccc(-c2cccc([C@@H]3CN(Cc4ccc5ncccc5c4)CCO3)n2)cc1. The number of hydrogen-bond acceptors (Lipinski definition) is 5. The van der Waals surface area contributed by atoms with Crippen LogP contribution in [0.5, 0.6) is 5.75 Å². The Hall–Kier alpha value is -3.28. The summed E-state index contributed by atoms with van der Waals surface area (Å²) < 4.78 is 11.4. The summed E-state index contributed by atoms with van der Waals surface area (Å²) in [7, 11) is 1.68. The fraction of sp³-hybridized carbons (Fsp3) is 0.231. The first-order chi connectivity index (χ1) is 15.3. The maximum atomic E-state index is 6.10. The van der Waals surface area contributed by atoms with Gasteiger partial charge in [0.15, 0.2) is 0 Å². The highest BCUT2D eigenvalue weighted by atomic mass is 16.5. The summed E-state index contributed by atoms with van der Waals surface area (Å²) in [5.74, 6) is 0.843. The van der Waals surface area contributed by atoms with Gasteiger partial charge in [-0.05, 0) is 60.2 Å². The van der Waals surface area contributed by atoms with Crippen molar-refractivity contribution in [3.05, 3.63) is 90.3 Å². The molecule has 1 aliphatic heterocycles. The molecule has 0 saturated carbocycles. The van der Waals surface area contributed by atoms with Gasteiger partial charge in [0, 0.05) is 36.8 Å². The first-order valence-electron chi connectivity index (χ1n) is 10.6. The molecule has 5 nitrogen and oxygen atoms in total. The molecule has 31 heavy (non-hydrogen) atoms. The average Bonchev–Trinajstić information content (AvgIpc) is 2.84. The van der Waals surface area contributed by atoms with Crippen LogP contribution in [0.25, 0.3) is 22.2 Å². The molecule has 0 radical (unpaired) electrons. The van der Waals surface area contributed by atoms with Crippen LogP contribution in [0.1, 0.15) is 17.4 Å². The quantitative estimate of drug-likeness (QED) is 0.468. The minimum atomic E-state index is -0.0333. The van der Waals surface area contributed by atoms with E-state index in [1.807, 2.05) is 42.6 Å². The second-order valence-electron chi connectivity index (χ2n) is 7.80. The number of morpholine rings is 1. The van der Waals surface area contributed by atoms with Gasteiger partial charge in [-0.3, -0.25) is 14.9 Å². The Morgan fingerprint density at radius 1 is 1.03 bits per heavy atom. The van der Waals surface area contributed by atoms with Gasteiger partial charge in [0.25, 0.3) is 0 Å². The van der Waals surface area contributed by atoms with E-state index < -0.39 is 0 Å². The summed E-state index contributed by atoms with van der Waals surface area (Å²) >= 11 is 0. The Bertz CT molecular complexity index is 1180. The van der Waals surface area contributed by atoms with E-state index in [0.717, 1.165) is 47.9 Å². The fourth-order valence-corrected chi connectivity index (χ4v) is 4.06. The third kappa shape index (κ3) is 4.43. The third-order valence-electron chi connectivity index (χ3n) is 5.71. The lowest BCUT2D eigenvalue weighted by Gasteiger charge is -2.32. The second-order valence-corrected chi connectivity index (χ2v) is 7.80. The van der Waals surface area contributed by atoms with Crippen LogP contribution in [-0.4, -0.2) is 41.7 Å². The molecule has 0 aliphatic carbocycles. The number of benzene rings is 2. The van der Waals surface area contributed by atoms with E-state index in [0.29, 0.717) is 6.61 Å². The van der Waals surface area contributed by atoms with Crippen molar-refractivity contribution < 1.29 is 9.47 Å². The van der Waals surface area contributed by atoms with Crippen molar-refractivity contribution in [2.24, 2.45) is 0 Å². The highest BCUT2D eigenvalue weighted by Crippen LogP contribution is 2.26. The van der Waals surface area contributed by atoms with Crippen LogP contribution in [0.4, 0.5) is 0 Å². The molecule has 3 heterocycles. The van der Waals surface area contributed by atoms with Gasteiger partial charge >= 0.3 is 0 Å². The zero-order chi connectivity index (χ0) is 21.0. The summed E-state index contributed by atoms with van der Waals surface area (Å²) in [6, 6.07) is 24.7. The van der Waals surface area contributed by atoms with Gasteiger partial charge in [0.05, 0.1) is 30.6 Å². The Labute approximate surface area is 182 Å². The summed E-state index contributed by atoms with van der Waals surface area (Å²) in [5, 5.41) is 1.18. The number of rotatable bonds is 5. The molecule has 1 aliphatic rings. The van der Waals surface area contributed by atoms with E-state index in [9.17, 15) is 0 Å². The van der Waals surface area contributed by atoms with Crippen LogP contribution >= 0.6 is 0 Å². The maximum Gasteiger partial charge on any atom is 0.118 e. The standard InChI is InChI=1S/C26H25N3O2/c1-30-22-10-8-20(9-11-22)24-5-2-6-25(28-24)26-18-29(14-15-31-26)17-19-7-12-23-21(16-19)4-3-13-27-23/h2-13,16,26H,14-15,17-18H2,1H3/t26-/m0/s1. The van der Waals surface area contributed by atoms with Gasteiger partial charge in [0.1, 0.15) is 11.9 Å². The van der Waals surface area contributed by atoms with E-state index in [1.54, 1.807) is 7.11 Å². The van der Waals surface area contributed by atoms with E-state index in [4.69, 9.17) is 14.5 Å². The predicted molar refractivity (Wildman–Crippen MR) is 122 cm³/mol. The van der Waals surface area contributed by atoms with E-state index >= 15 is 0 Å². The first-order valence-corrected chi connectivity index (χ1v) is 10.6. The largest absolute Gasteiger partial charge is 0.497 e. The van der Waals surface area contributed by atoms with Crippen LogP contribution in [0.2, 0.25) is 0 Å². The van der Waals surface area contributed by atoms with Crippen molar-refractivity contribution in [1.82, 2.24) is 14.9 Å². The number of aromatic nitrogens is 2. The van der Waals surface area contributed by atoms with E-state index in [-0.39, 0.29) is 6.10 Å². The molecule has 2 aromatic carbocycles. The topological polar surface area (TPSA) is 47.5 Å². The second kappa shape index (κ2) is 8.84. The number of nitrogens with zero attached hydrogens (tertiary/aromatic N) is 3. The normalized spacial score (nSPS) is 17.0. The van der Waals surface area contributed by atoms with Crippen molar-refractivity contribution in [3.63, 3.8) is 0 Å². The molecule has 2 aromatic heterocycles. The molecule has 0 spiro atoms. The summed E-state index contributed by atoms with van der Waals surface area (Å²) in [4.78, 5) is 11.8. The Morgan fingerprint density at radius 3 is 2.81 bits per heavy atom. The van der Waals surface area contributed by atoms with Gasteiger partial charge < -0.3 is 9.47 Å². The zero-order valence-electron chi connectivity index (χ0n) is 17.6. The molecule has 156 valence electrons. The maximum absolute atomic E-state index is 6.10. The van der Waals surface area contributed by atoms with Crippen molar-refractivity contribution >= 4 is 10.9 Å². The molecule has 4 aromatic rings. The van der Waals surface area contributed by atoms with Crippen LogP contribution in [0, 0.1) is 0 Å². The fourth-order valence-electron chi connectivity index (χ4n) is 4.06. The molecule has 5 heteroatoms. The van der Waals surface area contributed by atoms with Gasteiger partial charge in [-0.25, -0.2) is 0 Å². The number of fused-ring (bicyclic) bond motifs is 1. The molecule has 0 N–H and O–H groups in total. The lowest BCUT2D eigenvalue weighted by Crippen LogP contribution is -2.38. The summed E-state index contributed by atoms with van der Waals surface area (Å²) in [6.07, 6.45) is 1.80. The summed E-state index contributed by atoms with van der Waals surface area (Å²) in [5.41, 5.74) is 5.32. The Balaban J connectivity index is 1.31. The van der Waals surface area contributed by atoms with Gasteiger partial charge in [-0.1, -0.05) is 18.2 Å². The third-order valence-corrected chi connectivity index (χ3v) is 5.71. The highest BCUT2D eigenvalue weighted by Gasteiger charge is 2.23. The molecule has 0 unspecified atom stereocenters. The van der Waals surface area contributed by atoms with Crippen molar-refractivity contribution in [2.45, 2.75) is 12.6 Å². The zero-order valence-corrected chi connectivity index (χ0v) is 17.6.